The predicted molar refractivity (Wildman–Crippen MR) is 148 cm³/mol. The monoisotopic (exact) mass is 524 g/mol. The van der Waals surface area contributed by atoms with Gasteiger partial charge in [0, 0.05) is 19.5 Å². The number of carbonyl (C=O) groups is 2. The minimum atomic E-state index is -0.670. The van der Waals surface area contributed by atoms with Crippen molar-refractivity contribution in [1.29, 1.82) is 0 Å². The summed E-state index contributed by atoms with van der Waals surface area (Å²) in [5.41, 5.74) is 4.92. The quantitative estimate of drug-likeness (QED) is 0.283. The lowest BCUT2D eigenvalue weighted by Gasteiger charge is -2.32. The molecule has 3 aromatic carbocycles. The SMILES string of the molecule is CCCCNC(=O)C(Cc1ccccc1)N(Cc1ccc(Cl)c(Cl)c1)C(=O)Cc1cc(C)ccc1C. The number of carbonyl (C=O) groups excluding carboxylic acids is 2. The highest BCUT2D eigenvalue weighted by Gasteiger charge is 2.30. The van der Waals surface area contributed by atoms with E-state index in [4.69, 9.17) is 23.2 Å². The van der Waals surface area contributed by atoms with Gasteiger partial charge >= 0.3 is 0 Å². The van der Waals surface area contributed by atoms with Crippen molar-refractivity contribution in [3.8, 4) is 0 Å². The van der Waals surface area contributed by atoms with Crippen LogP contribution >= 0.6 is 23.2 Å². The van der Waals surface area contributed by atoms with E-state index in [-0.39, 0.29) is 24.8 Å². The van der Waals surface area contributed by atoms with E-state index in [1.807, 2.05) is 68.4 Å². The van der Waals surface area contributed by atoms with Crippen molar-refractivity contribution >= 4 is 35.0 Å². The summed E-state index contributed by atoms with van der Waals surface area (Å²) in [4.78, 5) is 29.1. The average molecular weight is 526 g/mol. The smallest absolute Gasteiger partial charge is 0.243 e. The lowest BCUT2D eigenvalue weighted by Crippen LogP contribution is -2.51. The summed E-state index contributed by atoms with van der Waals surface area (Å²) in [6, 6.07) is 20.6. The van der Waals surface area contributed by atoms with Crippen molar-refractivity contribution in [2.24, 2.45) is 0 Å². The first kappa shape index (κ1) is 27.8. The van der Waals surface area contributed by atoms with Crippen molar-refractivity contribution in [2.75, 3.05) is 6.54 Å². The second kappa shape index (κ2) is 13.5. The third-order valence-electron chi connectivity index (χ3n) is 6.28. The number of hydrogen-bond acceptors (Lipinski definition) is 2. The molecule has 0 fully saturated rings. The molecule has 0 aromatic heterocycles. The molecular formula is C30H34Cl2N2O2. The minimum absolute atomic E-state index is 0.110. The van der Waals surface area contributed by atoms with Crippen LogP contribution in [-0.2, 0) is 29.0 Å². The average Bonchev–Trinajstić information content (AvgIpc) is 2.86. The Kier molecular flexibility index (Phi) is 10.4. The zero-order valence-electron chi connectivity index (χ0n) is 21.2. The Hall–Kier alpha value is -2.82. The molecular weight excluding hydrogens is 491 g/mol. The van der Waals surface area contributed by atoms with Crippen LogP contribution in [0.3, 0.4) is 0 Å². The van der Waals surface area contributed by atoms with Crippen LogP contribution in [0.2, 0.25) is 10.0 Å². The molecule has 0 radical (unpaired) electrons. The fourth-order valence-corrected chi connectivity index (χ4v) is 4.47. The van der Waals surface area contributed by atoms with Gasteiger partial charge in [-0.3, -0.25) is 9.59 Å². The molecule has 1 unspecified atom stereocenters. The van der Waals surface area contributed by atoms with Gasteiger partial charge < -0.3 is 10.2 Å². The van der Waals surface area contributed by atoms with E-state index in [1.54, 1.807) is 17.0 Å². The van der Waals surface area contributed by atoms with Crippen LogP contribution in [0.25, 0.3) is 0 Å². The molecule has 2 amide bonds. The van der Waals surface area contributed by atoms with Crippen molar-refractivity contribution in [2.45, 2.75) is 59.0 Å². The van der Waals surface area contributed by atoms with Gasteiger partial charge in [0.1, 0.15) is 6.04 Å². The molecule has 0 heterocycles. The normalized spacial score (nSPS) is 11.7. The van der Waals surface area contributed by atoms with E-state index >= 15 is 0 Å². The largest absolute Gasteiger partial charge is 0.354 e. The molecule has 190 valence electrons. The van der Waals surface area contributed by atoms with Gasteiger partial charge in [-0.1, -0.05) is 96.7 Å². The van der Waals surface area contributed by atoms with Gasteiger partial charge in [-0.2, -0.15) is 0 Å². The second-order valence-electron chi connectivity index (χ2n) is 9.23. The number of nitrogens with zero attached hydrogens (tertiary/aromatic N) is 1. The molecule has 3 rings (SSSR count). The van der Waals surface area contributed by atoms with E-state index < -0.39 is 6.04 Å². The van der Waals surface area contributed by atoms with E-state index in [1.165, 1.54) is 0 Å². The second-order valence-corrected chi connectivity index (χ2v) is 10.0. The molecule has 1 atom stereocenters. The van der Waals surface area contributed by atoms with E-state index in [9.17, 15) is 9.59 Å². The highest BCUT2D eigenvalue weighted by atomic mass is 35.5. The number of rotatable bonds is 11. The molecule has 4 nitrogen and oxygen atoms in total. The molecule has 0 spiro atoms. The predicted octanol–water partition coefficient (Wildman–Crippen LogP) is 6.71. The zero-order chi connectivity index (χ0) is 26.1. The van der Waals surface area contributed by atoms with Crippen LogP contribution in [0, 0.1) is 13.8 Å². The fraction of sp³-hybridized carbons (Fsp3) is 0.333. The highest BCUT2D eigenvalue weighted by Crippen LogP contribution is 2.25. The van der Waals surface area contributed by atoms with Gasteiger partial charge in [-0.25, -0.2) is 0 Å². The first-order valence-electron chi connectivity index (χ1n) is 12.4. The van der Waals surface area contributed by atoms with Gasteiger partial charge in [0.05, 0.1) is 16.5 Å². The first-order valence-corrected chi connectivity index (χ1v) is 13.1. The summed E-state index contributed by atoms with van der Waals surface area (Å²) in [6.07, 6.45) is 2.48. The van der Waals surface area contributed by atoms with Gasteiger partial charge in [-0.15, -0.1) is 0 Å². The van der Waals surface area contributed by atoms with Crippen LogP contribution in [0.1, 0.15) is 47.6 Å². The topological polar surface area (TPSA) is 49.4 Å². The van der Waals surface area contributed by atoms with E-state index in [0.717, 1.165) is 40.7 Å². The molecule has 0 saturated heterocycles. The van der Waals surface area contributed by atoms with Crippen LogP contribution in [0.4, 0.5) is 0 Å². The molecule has 0 aliphatic rings. The first-order chi connectivity index (χ1) is 17.3. The molecule has 36 heavy (non-hydrogen) atoms. The van der Waals surface area contributed by atoms with Crippen molar-refractivity contribution in [3.63, 3.8) is 0 Å². The number of halogens is 2. The molecule has 0 saturated carbocycles. The van der Waals surface area contributed by atoms with Crippen molar-refractivity contribution in [3.05, 3.63) is 105 Å². The third-order valence-corrected chi connectivity index (χ3v) is 7.02. The molecule has 3 aromatic rings. The fourth-order valence-electron chi connectivity index (χ4n) is 4.15. The number of hydrogen-bond donors (Lipinski definition) is 1. The third kappa shape index (κ3) is 7.84. The van der Waals surface area contributed by atoms with Crippen LogP contribution in [0.15, 0.2) is 66.7 Å². The van der Waals surface area contributed by atoms with Gasteiger partial charge in [0.15, 0.2) is 0 Å². The Morgan fingerprint density at radius 2 is 1.67 bits per heavy atom. The Labute approximate surface area is 224 Å². The van der Waals surface area contributed by atoms with Crippen molar-refractivity contribution in [1.82, 2.24) is 10.2 Å². The highest BCUT2D eigenvalue weighted by molar-refractivity contribution is 6.42. The summed E-state index contributed by atoms with van der Waals surface area (Å²) in [6.45, 7) is 6.92. The lowest BCUT2D eigenvalue weighted by atomic mass is 9.99. The number of nitrogens with one attached hydrogen (secondary N) is 1. The van der Waals surface area contributed by atoms with Crippen LogP contribution in [-0.4, -0.2) is 29.3 Å². The zero-order valence-corrected chi connectivity index (χ0v) is 22.7. The summed E-state index contributed by atoms with van der Waals surface area (Å²) in [5, 5.41) is 3.92. The van der Waals surface area contributed by atoms with Crippen LogP contribution in [0.5, 0.6) is 0 Å². The Morgan fingerprint density at radius 1 is 0.917 bits per heavy atom. The maximum atomic E-state index is 13.9. The summed E-state index contributed by atoms with van der Waals surface area (Å²) >= 11 is 12.4. The molecule has 0 bridgehead atoms. The Bertz CT molecular complexity index is 1180. The number of unbranched alkanes of at least 4 members (excludes halogenated alkanes) is 1. The molecule has 0 aliphatic carbocycles. The van der Waals surface area contributed by atoms with E-state index in [2.05, 4.69) is 12.2 Å². The Balaban J connectivity index is 1.99. The molecule has 0 aliphatic heterocycles. The standard InChI is InChI=1S/C30H34Cl2N2O2/c1-4-5-15-33-30(36)28(18-23-9-7-6-8-10-23)34(20-24-13-14-26(31)27(32)17-24)29(35)19-25-16-21(2)11-12-22(25)3/h6-14,16-17,28H,4-5,15,18-20H2,1-3H3,(H,33,36). The number of benzene rings is 3. The number of aryl methyl sites for hydroxylation is 2. The van der Waals surface area contributed by atoms with Gasteiger partial charge in [0.25, 0.3) is 0 Å². The summed E-state index contributed by atoms with van der Waals surface area (Å²) < 4.78 is 0. The van der Waals surface area contributed by atoms with Crippen molar-refractivity contribution < 1.29 is 9.59 Å². The summed E-state index contributed by atoms with van der Waals surface area (Å²) in [7, 11) is 0. The maximum absolute atomic E-state index is 13.9. The Morgan fingerprint density at radius 3 is 2.36 bits per heavy atom. The lowest BCUT2D eigenvalue weighted by molar-refractivity contribution is -0.140. The summed E-state index contributed by atoms with van der Waals surface area (Å²) in [5.74, 6) is -0.261. The van der Waals surface area contributed by atoms with Crippen LogP contribution < -0.4 is 5.32 Å². The van der Waals surface area contributed by atoms with Gasteiger partial charge in [0.2, 0.25) is 11.8 Å². The maximum Gasteiger partial charge on any atom is 0.243 e. The minimum Gasteiger partial charge on any atom is -0.354 e. The molecule has 6 heteroatoms. The molecule has 1 N–H and O–H groups in total. The van der Waals surface area contributed by atoms with Gasteiger partial charge in [-0.05, 0) is 54.7 Å². The number of amides is 2. The van der Waals surface area contributed by atoms with E-state index in [0.29, 0.717) is 23.0 Å².